The fourth-order valence-corrected chi connectivity index (χ4v) is 2.78. The number of hydrogen-bond acceptors (Lipinski definition) is 3. The highest BCUT2D eigenvalue weighted by Crippen LogP contribution is 2.10. The third-order valence-electron chi connectivity index (χ3n) is 3.46. The highest BCUT2D eigenvalue weighted by Gasteiger charge is 2.26. The van der Waals surface area contributed by atoms with Gasteiger partial charge in [0.05, 0.1) is 4.83 Å². The molecule has 1 fully saturated rings. The molecule has 6 heteroatoms. The van der Waals surface area contributed by atoms with Crippen molar-refractivity contribution >= 4 is 21.8 Å². The number of hydrazine groups is 1. The fraction of sp³-hybridized carbons (Fsp3) is 0.267. The number of nitrogens with zero attached hydrogens (tertiary/aromatic N) is 1. The Morgan fingerprint density at radius 1 is 1.29 bits per heavy atom. The lowest BCUT2D eigenvalue weighted by atomic mass is 10.2. The van der Waals surface area contributed by atoms with Crippen molar-refractivity contribution in [3.05, 3.63) is 59.9 Å². The van der Waals surface area contributed by atoms with Crippen LogP contribution in [0.2, 0.25) is 0 Å². The van der Waals surface area contributed by atoms with Crippen LogP contribution >= 0.6 is 15.9 Å². The zero-order valence-electron chi connectivity index (χ0n) is 11.4. The van der Waals surface area contributed by atoms with E-state index in [2.05, 4.69) is 44.2 Å². The van der Waals surface area contributed by atoms with Crippen molar-refractivity contribution < 1.29 is 4.79 Å². The van der Waals surface area contributed by atoms with Crippen LogP contribution in [0.1, 0.15) is 16.1 Å². The third kappa shape index (κ3) is 3.34. The second-order valence-corrected chi connectivity index (χ2v) is 6.18. The summed E-state index contributed by atoms with van der Waals surface area (Å²) in [6, 6.07) is 13.8. The Bertz CT molecular complexity index is 613. The summed E-state index contributed by atoms with van der Waals surface area (Å²) in [6.45, 7) is 1.46. The van der Waals surface area contributed by atoms with Gasteiger partial charge in [-0.05, 0) is 17.7 Å². The van der Waals surface area contributed by atoms with Gasteiger partial charge in [0.1, 0.15) is 11.9 Å². The maximum atomic E-state index is 12.4. The maximum Gasteiger partial charge on any atom is 0.269 e. The lowest BCUT2D eigenvalue weighted by Crippen LogP contribution is -2.47. The van der Waals surface area contributed by atoms with E-state index < -0.39 is 0 Å². The molecule has 1 aromatic carbocycles. The van der Waals surface area contributed by atoms with E-state index in [0.29, 0.717) is 12.2 Å². The quantitative estimate of drug-likeness (QED) is 0.733. The minimum absolute atomic E-state index is 0.0819. The Kier molecular flexibility index (Phi) is 4.38. The topological polar surface area (TPSA) is 58.1 Å². The van der Waals surface area contributed by atoms with Gasteiger partial charge in [-0.1, -0.05) is 46.3 Å². The molecule has 0 aliphatic carbocycles. The van der Waals surface area contributed by atoms with Crippen LogP contribution in [0.3, 0.4) is 0 Å². The minimum Gasteiger partial charge on any atom is -0.339 e. The van der Waals surface area contributed by atoms with Gasteiger partial charge in [0.15, 0.2) is 0 Å². The van der Waals surface area contributed by atoms with Crippen molar-refractivity contribution in [2.45, 2.75) is 17.5 Å². The number of hydrogen-bond donors (Lipinski definition) is 3. The molecule has 1 aliphatic rings. The highest BCUT2D eigenvalue weighted by atomic mass is 79.9. The number of carbonyl (C=O) groups excluding carboxylic acids is 1. The van der Waals surface area contributed by atoms with Crippen LogP contribution in [0, 0.1) is 0 Å². The number of halogens is 1. The van der Waals surface area contributed by atoms with Crippen LogP contribution in [0.25, 0.3) is 0 Å². The van der Waals surface area contributed by atoms with E-state index in [4.69, 9.17) is 0 Å². The van der Waals surface area contributed by atoms with Crippen molar-refractivity contribution in [1.82, 2.24) is 20.7 Å². The van der Waals surface area contributed by atoms with Gasteiger partial charge >= 0.3 is 0 Å². The van der Waals surface area contributed by atoms with Crippen LogP contribution in [-0.4, -0.2) is 28.0 Å². The van der Waals surface area contributed by atoms with Crippen LogP contribution < -0.4 is 16.2 Å². The van der Waals surface area contributed by atoms with Gasteiger partial charge in [0.25, 0.3) is 5.91 Å². The second-order valence-electron chi connectivity index (χ2n) is 5.00. The van der Waals surface area contributed by atoms with Crippen LogP contribution in [-0.2, 0) is 6.54 Å². The molecule has 0 radical (unpaired) electrons. The largest absolute Gasteiger partial charge is 0.339 e. The standard InChI is InChI=1S/C15H17BrN4O/c16-12-9-17-19-14(12)18-15(21)13-7-4-8-20(13)10-11-5-2-1-3-6-11/h1-8,12,14,17,19H,9-10H2,(H,18,21). The van der Waals surface area contributed by atoms with Crippen molar-refractivity contribution in [2.24, 2.45) is 0 Å². The normalized spacial score (nSPS) is 21.4. The van der Waals surface area contributed by atoms with Gasteiger partial charge < -0.3 is 9.88 Å². The molecule has 2 aromatic rings. The van der Waals surface area contributed by atoms with Crippen LogP contribution in [0.5, 0.6) is 0 Å². The predicted molar refractivity (Wildman–Crippen MR) is 85.1 cm³/mol. The monoisotopic (exact) mass is 348 g/mol. The molecule has 3 N–H and O–H groups in total. The molecule has 1 aromatic heterocycles. The minimum atomic E-state index is -0.113. The first kappa shape index (κ1) is 14.3. The smallest absolute Gasteiger partial charge is 0.269 e. The van der Waals surface area contributed by atoms with E-state index >= 15 is 0 Å². The molecule has 2 unspecified atom stereocenters. The molecular formula is C15H17BrN4O. The van der Waals surface area contributed by atoms with Gasteiger partial charge in [0.2, 0.25) is 0 Å². The van der Waals surface area contributed by atoms with Crippen molar-refractivity contribution in [3.63, 3.8) is 0 Å². The van der Waals surface area contributed by atoms with E-state index in [1.54, 1.807) is 0 Å². The van der Waals surface area contributed by atoms with Gasteiger partial charge in [-0.15, -0.1) is 0 Å². The van der Waals surface area contributed by atoms with E-state index in [1.807, 2.05) is 41.1 Å². The number of rotatable bonds is 4. The number of amides is 1. The first-order valence-electron chi connectivity index (χ1n) is 6.86. The zero-order valence-corrected chi connectivity index (χ0v) is 13.0. The fourth-order valence-electron chi connectivity index (χ4n) is 2.35. The van der Waals surface area contributed by atoms with Gasteiger partial charge in [0, 0.05) is 19.3 Å². The number of benzene rings is 1. The summed E-state index contributed by atoms with van der Waals surface area (Å²) >= 11 is 3.52. The second kappa shape index (κ2) is 6.43. The molecule has 21 heavy (non-hydrogen) atoms. The Labute approximate surface area is 131 Å². The molecule has 2 heterocycles. The average Bonchev–Trinajstić information content (AvgIpc) is 3.10. The first-order valence-corrected chi connectivity index (χ1v) is 7.78. The molecule has 1 amide bonds. The number of nitrogens with one attached hydrogen (secondary N) is 3. The van der Waals surface area contributed by atoms with E-state index in [0.717, 1.165) is 6.54 Å². The summed E-state index contributed by atoms with van der Waals surface area (Å²) < 4.78 is 1.95. The lowest BCUT2D eigenvalue weighted by molar-refractivity contribution is 0.0924. The SMILES string of the molecule is O=C(NC1NNCC1Br)c1cccn1Cc1ccccc1. The Morgan fingerprint density at radius 3 is 2.81 bits per heavy atom. The molecule has 3 rings (SSSR count). The Morgan fingerprint density at radius 2 is 2.10 bits per heavy atom. The van der Waals surface area contributed by atoms with Crippen molar-refractivity contribution in [3.8, 4) is 0 Å². The molecule has 110 valence electrons. The number of aromatic nitrogens is 1. The summed E-state index contributed by atoms with van der Waals surface area (Å²) in [6.07, 6.45) is 1.81. The van der Waals surface area contributed by atoms with Crippen LogP contribution in [0.15, 0.2) is 48.7 Å². The number of alkyl halides is 1. The zero-order chi connectivity index (χ0) is 14.7. The molecule has 1 aliphatic heterocycles. The van der Waals surface area contributed by atoms with Crippen LogP contribution in [0.4, 0.5) is 0 Å². The summed E-state index contributed by atoms with van der Waals surface area (Å²) in [4.78, 5) is 12.6. The highest BCUT2D eigenvalue weighted by molar-refractivity contribution is 9.09. The lowest BCUT2D eigenvalue weighted by Gasteiger charge is -2.16. The van der Waals surface area contributed by atoms with E-state index in [-0.39, 0.29) is 16.9 Å². The van der Waals surface area contributed by atoms with E-state index in [1.165, 1.54) is 5.56 Å². The molecule has 2 atom stereocenters. The molecule has 0 bridgehead atoms. The molecule has 0 spiro atoms. The number of carbonyl (C=O) groups is 1. The molecule has 0 saturated carbocycles. The summed E-state index contributed by atoms with van der Waals surface area (Å²) in [5, 5.41) is 2.98. The molecule has 1 saturated heterocycles. The van der Waals surface area contributed by atoms with E-state index in [9.17, 15) is 4.79 Å². The third-order valence-corrected chi connectivity index (χ3v) is 4.31. The van der Waals surface area contributed by atoms with Gasteiger partial charge in [-0.2, -0.15) is 0 Å². The predicted octanol–water partition coefficient (Wildman–Crippen LogP) is 1.46. The van der Waals surface area contributed by atoms with Gasteiger partial charge in [-0.25, -0.2) is 5.43 Å². The summed E-state index contributed by atoms with van der Waals surface area (Å²) in [7, 11) is 0. The summed E-state index contributed by atoms with van der Waals surface area (Å²) in [5.74, 6) is -0.0819. The Hall–Kier alpha value is -1.63. The van der Waals surface area contributed by atoms with Crippen molar-refractivity contribution in [1.29, 1.82) is 0 Å². The Balaban J connectivity index is 1.71. The van der Waals surface area contributed by atoms with Gasteiger partial charge in [-0.3, -0.25) is 10.2 Å². The average molecular weight is 349 g/mol. The molecular weight excluding hydrogens is 332 g/mol. The molecule has 5 nitrogen and oxygen atoms in total. The summed E-state index contributed by atoms with van der Waals surface area (Å²) in [5.41, 5.74) is 7.87. The maximum absolute atomic E-state index is 12.4. The first-order chi connectivity index (χ1) is 10.2. The van der Waals surface area contributed by atoms with Crippen molar-refractivity contribution in [2.75, 3.05) is 6.54 Å².